The number of nitrogens with zero attached hydrogens (tertiary/aromatic N) is 1. The molecule has 0 atom stereocenters. The van der Waals surface area contributed by atoms with Gasteiger partial charge in [-0.15, -0.1) is 0 Å². The summed E-state index contributed by atoms with van der Waals surface area (Å²) in [4.78, 5) is 11.1. The Kier molecular flexibility index (Phi) is 3.48. The highest BCUT2D eigenvalue weighted by Crippen LogP contribution is 2.26. The van der Waals surface area contributed by atoms with E-state index >= 15 is 0 Å². The third-order valence-corrected chi connectivity index (χ3v) is 2.74. The highest BCUT2D eigenvalue weighted by Gasteiger charge is 2.08. The Labute approximate surface area is 110 Å². The van der Waals surface area contributed by atoms with E-state index < -0.39 is 5.97 Å². The maximum Gasteiger partial charge on any atom is 0.335 e. The molecule has 0 aliphatic heterocycles. The van der Waals surface area contributed by atoms with Crippen molar-refractivity contribution in [3.05, 3.63) is 53.6 Å². The molecule has 0 radical (unpaired) electrons. The minimum atomic E-state index is -1.01. The first kappa shape index (κ1) is 12.7. The van der Waals surface area contributed by atoms with Crippen LogP contribution in [0.25, 0.3) is 11.1 Å². The van der Waals surface area contributed by atoms with Crippen LogP contribution in [0.2, 0.25) is 0 Å². The largest absolute Gasteiger partial charge is 0.497 e. The molecule has 0 heterocycles. The van der Waals surface area contributed by atoms with Crippen molar-refractivity contribution in [2.24, 2.45) is 0 Å². The van der Waals surface area contributed by atoms with E-state index in [0.29, 0.717) is 11.3 Å². The van der Waals surface area contributed by atoms with E-state index in [1.54, 1.807) is 36.4 Å². The van der Waals surface area contributed by atoms with Crippen LogP contribution in [0.5, 0.6) is 5.75 Å². The number of benzene rings is 2. The number of ether oxygens (including phenoxy) is 1. The van der Waals surface area contributed by atoms with E-state index in [0.717, 1.165) is 11.1 Å². The van der Waals surface area contributed by atoms with Gasteiger partial charge in [0.15, 0.2) is 0 Å². The Morgan fingerprint density at radius 2 is 1.84 bits per heavy atom. The monoisotopic (exact) mass is 253 g/mol. The average molecular weight is 253 g/mol. The molecule has 2 rings (SSSR count). The molecule has 0 spiro atoms. The molecular weight excluding hydrogens is 242 g/mol. The lowest BCUT2D eigenvalue weighted by atomic mass is 10.0. The zero-order valence-corrected chi connectivity index (χ0v) is 10.3. The third kappa shape index (κ3) is 2.72. The maximum absolute atomic E-state index is 11.1. The molecule has 0 saturated carbocycles. The van der Waals surface area contributed by atoms with Crippen LogP contribution in [0.3, 0.4) is 0 Å². The number of nitriles is 1. The van der Waals surface area contributed by atoms with E-state index in [1.807, 2.05) is 6.07 Å². The number of carboxylic acid groups (broad SMARTS) is 1. The summed E-state index contributed by atoms with van der Waals surface area (Å²) in [6.07, 6.45) is 0. The average Bonchev–Trinajstić information content (AvgIpc) is 2.46. The fourth-order valence-corrected chi connectivity index (χ4v) is 1.74. The van der Waals surface area contributed by atoms with Gasteiger partial charge in [-0.3, -0.25) is 0 Å². The van der Waals surface area contributed by atoms with Crippen LogP contribution in [0.1, 0.15) is 15.9 Å². The first-order valence-electron chi connectivity index (χ1n) is 5.57. The second-order valence-electron chi connectivity index (χ2n) is 3.94. The van der Waals surface area contributed by atoms with Crippen LogP contribution >= 0.6 is 0 Å². The van der Waals surface area contributed by atoms with Gasteiger partial charge in [0.1, 0.15) is 5.75 Å². The maximum atomic E-state index is 11.1. The van der Waals surface area contributed by atoms with Crippen LogP contribution in [0.4, 0.5) is 0 Å². The zero-order chi connectivity index (χ0) is 13.8. The van der Waals surface area contributed by atoms with Crippen LogP contribution in [0, 0.1) is 11.3 Å². The number of hydrogen-bond donors (Lipinski definition) is 1. The number of carbonyl (C=O) groups is 1. The van der Waals surface area contributed by atoms with E-state index in [4.69, 9.17) is 15.1 Å². The molecule has 2 aromatic carbocycles. The highest BCUT2D eigenvalue weighted by atomic mass is 16.5. The molecule has 0 bridgehead atoms. The summed E-state index contributed by atoms with van der Waals surface area (Å²) in [5, 5.41) is 17.8. The van der Waals surface area contributed by atoms with Gasteiger partial charge in [-0.25, -0.2) is 4.79 Å². The molecule has 0 amide bonds. The van der Waals surface area contributed by atoms with Crippen molar-refractivity contribution < 1.29 is 14.6 Å². The lowest BCUT2D eigenvalue weighted by molar-refractivity contribution is 0.0696. The fourth-order valence-electron chi connectivity index (χ4n) is 1.74. The van der Waals surface area contributed by atoms with Crippen molar-refractivity contribution in [3.63, 3.8) is 0 Å². The molecule has 2 aromatic rings. The van der Waals surface area contributed by atoms with Crippen molar-refractivity contribution in [1.82, 2.24) is 0 Å². The first-order valence-corrected chi connectivity index (χ1v) is 5.57. The Morgan fingerprint density at radius 1 is 1.16 bits per heavy atom. The summed E-state index contributed by atoms with van der Waals surface area (Å²) >= 11 is 0. The lowest BCUT2D eigenvalue weighted by Gasteiger charge is -2.07. The van der Waals surface area contributed by atoms with E-state index in [9.17, 15) is 4.79 Å². The van der Waals surface area contributed by atoms with Crippen molar-refractivity contribution >= 4 is 5.97 Å². The molecule has 4 heteroatoms. The lowest BCUT2D eigenvalue weighted by Crippen LogP contribution is -1.97. The topological polar surface area (TPSA) is 70.3 Å². The van der Waals surface area contributed by atoms with Crippen molar-refractivity contribution in [2.75, 3.05) is 7.11 Å². The molecule has 1 N–H and O–H groups in total. The third-order valence-electron chi connectivity index (χ3n) is 2.74. The molecular formula is C15H11NO3. The van der Waals surface area contributed by atoms with Crippen molar-refractivity contribution in [3.8, 4) is 22.9 Å². The fraction of sp³-hybridized carbons (Fsp3) is 0.0667. The molecule has 0 unspecified atom stereocenters. The SMILES string of the molecule is COc1cc(C(=O)O)cc(-c2ccc(C#N)cc2)c1. The standard InChI is InChI=1S/C15H11NO3/c1-19-14-7-12(6-13(8-14)15(17)18)11-4-2-10(9-16)3-5-11/h2-8H,1H3,(H,17,18). The number of rotatable bonds is 3. The van der Waals surface area contributed by atoms with Crippen LogP contribution in [-0.4, -0.2) is 18.2 Å². The second kappa shape index (κ2) is 5.23. The predicted octanol–water partition coefficient (Wildman–Crippen LogP) is 2.93. The van der Waals surface area contributed by atoms with E-state index in [2.05, 4.69) is 0 Å². The molecule has 19 heavy (non-hydrogen) atoms. The minimum Gasteiger partial charge on any atom is -0.497 e. The smallest absolute Gasteiger partial charge is 0.335 e. The van der Waals surface area contributed by atoms with E-state index in [-0.39, 0.29) is 5.56 Å². The summed E-state index contributed by atoms with van der Waals surface area (Å²) in [5.74, 6) is -0.520. The van der Waals surface area contributed by atoms with E-state index in [1.165, 1.54) is 13.2 Å². The van der Waals surface area contributed by atoms with Crippen LogP contribution in [0.15, 0.2) is 42.5 Å². The van der Waals surface area contributed by atoms with Gasteiger partial charge in [0.2, 0.25) is 0 Å². The van der Waals surface area contributed by atoms with Crippen molar-refractivity contribution in [1.29, 1.82) is 5.26 Å². The Morgan fingerprint density at radius 3 is 2.37 bits per heavy atom. The van der Waals surface area contributed by atoms with Gasteiger partial charge in [0.25, 0.3) is 0 Å². The van der Waals surface area contributed by atoms with Gasteiger partial charge in [-0.1, -0.05) is 12.1 Å². The zero-order valence-electron chi connectivity index (χ0n) is 10.3. The molecule has 0 saturated heterocycles. The molecule has 94 valence electrons. The Bertz CT molecular complexity index is 654. The normalized spacial score (nSPS) is 9.68. The number of carboxylic acids is 1. The first-order chi connectivity index (χ1) is 9.13. The summed E-state index contributed by atoms with van der Waals surface area (Å²) in [7, 11) is 1.49. The summed E-state index contributed by atoms with van der Waals surface area (Å²) < 4.78 is 5.10. The van der Waals surface area contributed by atoms with Gasteiger partial charge < -0.3 is 9.84 Å². The number of aromatic carboxylic acids is 1. The molecule has 4 nitrogen and oxygen atoms in total. The van der Waals surface area contributed by atoms with Gasteiger partial charge in [0, 0.05) is 0 Å². The molecule has 0 aromatic heterocycles. The van der Waals surface area contributed by atoms with Crippen LogP contribution < -0.4 is 4.74 Å². The Hall–Kier alpha value is -2.80. The summed E-state index contributed by atoms with van der Waals surface area (Å²) in [5.41, 5.74) is 2.30. The quantitative estimate of drug-likeness (QED) is 0.912. The highest BCUT2D eigenvalue weighted by molar-refractivity contribution is 5.90. The van der Waals surface area contributed by atoms with Gasteiger partial charge in [0.05, 0.1) is 24.3 Å². The van der Waals surface area contributed by atoms with Gasteiger partial charge in [-0.2, -0.15) is 5.26 Å². The summed E-state index contributed by atoms with van der Waals surface area (Å²) in [6.45, 7) is 0. The predicted molar refractivity (Wildman–Crippen MR) is 70.1 cm³/mol. The Balaban J connectivity index is 2.51. The molecule has 0 fully saturated rings. The number of methoxy groups -OCH3 is 1. The number of hydrogen-bond acceptors (Lipinski definition) is 3. The van der Waals surface area contributed by atoms with Gasteiger partial charge >= 0.3 is 5.97 Å². The molecule has 0 aliphatic carbocycles. The van der Waals surface area contributed by atoms with Gasteiger partial charge in [-0.05, 0) is 41.5 Å². The second-order valence-corrected chi connectivity index (χ2v) is 3.94. The molecule has 0 aliphatic rings. The van der Waals surface area contributed by atoms with Crippen molar-refractivity contribution in [2.45, 2.75) is 0 Å². The van der Waals surface area contributed by atoms with Crippen LogP contribution in [-0.2, 0) is 0 Å². The summed E-state index contributed by atoms with van der Waals surface area (Å²) in [6, 6.07) is 13.8. The minimum absolute atomic E-state index is 0.165.